The largest absolute Gasteiger partial charge is 0.338 e. The number of carbonyl (C=O) groups is 1. The summed E-state index contributed by atoms with van der Waals surface area (Å²) in [6, 6.07) is 22.1. The second-order valence-electron chi connectivity index (χ2n) is 6.58. The van der Waals surface area contributed by atoms with Gasteiger partial charge in [0.25, 0.3) is 11.5 Å². The highest BCUT2D eigenvalue weighted by Gasteiger charge is 2.14. The summed E-state index contributed by atoms with van der Waals surface area (Å²) in [7, 11) is 0. The second-order valence-corrected chi connectivity index (χ2v) is 6.58. The lowest BCUT2D eigenvalue weighted by Gasteiger charge is -2.07. The molecule has 0 aliphatic rings. The standard InChI is InChI=1S/C22H15N5O2/c28-21-16-6-2-1-5-15(16)19(26-27-21)22(29)23-14-11-9-13(10-12-14)20-24-17-7-3-4-8-18(17)25-20/h1-12H,(H,23,29)(H,24,25)(H,27,28). The van der Waals surface area contributed by atoms with Crippen molar-refractivity contribution in [2.75, 3.05) is 5.32 Å². The Morgan fingerprint density at radius 2 is 1.59 bits per heavy atom. The average Bonchev–Trinajstić information content (AvgIpc) is 3.19. The number of fused-ring (bicyclic) bond motifs is 2. The Balaban J connectivity index is 1.42. The van der Waals surface area contributed by atoms with E-state index in [4.69, 9.17) is 0 Å². The average molecular weight is 381 g/mol. The fourth-order valence-corrected chi connectivity index (χ4v) is 3.28. The van der Waals surface area contributed by atoms with Crippen LogP contribution in [-0.2, 0) is 0 Å². The molecule has 0 spiro atoms. The van der Waals surface area contributed by atoms with Gasteiger partial charge in [-0.15, -0.1) is 0 Å². The van der Waals surface area contributed by atoms with Crippen LogP contribution in [-0.4, -0.2) is 26.1 Å². The maximum absolute atomic E-state index is 12.7. The molecule has 7 nitrogen and oxygen atoms in total. The number of carbonyl (C=O) groups excluding carboxylic acids is 1. The molecule has 5 aromatic rings. The smallest absolute Gasteiger partial charge is 0.276 e. The molecule has 0 aliphatic carbocycles. The number of para-hydroxylation sites is 2. The first-order chi connectivity index (χ1) is 14.2. The SMILES string of the molecule is O=C(Nc1ccc(-c2nc3ccccc3[nH]2)cc1)c1n[nH]c(=O)c2ccccc12. The van der Waals surface area contributed by atoms with Crippen molar-refractivity contribution in [3.05, 3.63) is 88.8 Å². The zero-order valence-corrected chi connectivity index (χ0v) is 15.1. The number of aromatic nitrogens is 4. The first kappa shape index (κ1) is 16.9. The molecule has 0 aliphatic heterocycles. The summed E-state index contributed by atoms with van der Waals surface area (Å²) >= 11 is 0. The minimum atomic E-state index is -0.395. The Bertz CT molecular complexity index is 1380. The van der Waals surface area contributed by atoms with E-state index in [0.29, 0.717) is 16.5 Å². The van der Waals surface area contributed by atoms with Gasteiger partial charge in [0.05, 0.1) is 16.4 Å². The van der Waals surface area contributed by atoms with Gasteiger partial charge in [0.1, 0.15) is 5.82 Å². The van der Waals surface area contributed by atoms with Gasteiger partial charge < -0.3 is 10.3 Å². The maximum atomic E-state index is 12.7. The molecule has 3 aromatic carbocycles. The number of rotatable bonds is 3. The van der Waals surface area contributed by atoms with E-state index in [1.165, 1.54) is 0 Å². The molecular weight excluding hydrogens is 366 g/mol. The highest BCUT2D eigenvalue weighted by Crippen LogP contribution is 2.22. The van der Waals surface area contributed by atoms with Crippen LogP contribution in [0, 0.1) is 0 Å². The maximum Gasteiger partial charge on any atom is 0.276 e. The van der Waals surface area contributed by atoms with Gasteiger partial charge in [-0.25, -0.2) is 10.1 Å². The number of amides is 1. The number of hydrogen-bond acceptors (Lipinski definition) is 4. The summed E-state index contributed by atoms with van der Waals surface area (Å²) in [5.41, 5.74) is 3.24. The van der Waals surface area contributed by atoms with Gasteiger partial charge in [-0.3, -0.25) is 9.59 Å². The minimum absolute atomic E-state index is 0.168. The Kier molecular flexibility index (Phi) is 3.91. The molecular formula is C22H15N5O2. The topological polar surface area (TPSA) is 104 Å². The number of H-pyrrole nitrogens is 2. The number of anilines is 1. The summed E-state index contributed by atoms with van der Waals surface area (Å²) in [6.45, 7) is 0. The Morgan fingerprint density at radius 1 is 0.862 bits per heavy atom. The van der Waals surface area contributed by atoms with Gasteiger partial charge in [0.2, 0.25) is 0 Å². The van der Waals surface area contributed by atoms with Gasteiger partial charge in [-0.05, 0) is 42.5 Å². The third kappa shape index (κ3) is 3.04. The molecule has 7 heteroatoms. The van der Waals surface area contributed by atoms with Crippen LogP contribution < -0.4 is 10.9 Å². The first-order valence-corrected chi connectivity index (χ1v) is 9.03. The highest BCUT2D eigenvalue weighted by molar-refractivity contribution is 6.11. The number of imidazole rings is 1. The molecule has 0 atom stereocenters. The zero-order valence-electron chi connectivity index (χ0n) is 15.1. The van der Waals surface area contributed by atoms with Crippen molar-refractivity contribution in [3.63, 3.8) is 0 Å². The summed E-state index contributed by atoms with van der Waals surface area (Å²) in [6.07, 6.45) is 0. The fourth-order valence-electron chi connectivity index (χ4n) is 3.28. The molecule has 0 fully saturated rings. The summed E-state index contributed by atoms with van der Waals surface area (Å²) in [4.78, 5) is 32.4. The predicted octanol–water partition coefficient (Wildman–Crippen LogP) is 3.72. The van der Waals surface area contributed by atoms with Crippen molar-refractivity contribution < 1.29 is 4.79 Å². The lowest BCUT2D eigenvalue weighted by molar-refractivity contribution is 0.102. The van der Waals surface area contributed by atoms with E-state index in [-0.39, 0.29) is 11.3 Å². The van der Waals surface area contributed by atoms with Crippen LogP contribution in [0.1, 0.15) is 10.5 Å². The third-order valence-corrected chi connectivity index (χ3v) is 4.72. The molecule has 3 N–H and O–H groups in total. The zero-order chi connectivity index (χ0) is 19.8. The molecule has 5 rings (SSSR count). The van der Waals surface area contributed by atoms with E-state index in [0.717, 1.165) is 22.4 Å². The van der Waals surface area contributed by atoms with Crippen molar-refractivity contribution in [1.82, 2.24) is 20.2 Å². The predicted molar refractivity (Wildman–Crippen MR) is 112 cm³/mol. The quantitative estimate of drug-likeness (QED) is 0.443. The molecule has 0 bridgehead atoms. The number of nitrogens with one attached hydrogen (secondary N) is 3. The van der Waals surface area contributed by atoms with E-state index in [9.17, 15) is 9.59 Å². The van der Waals surface area contributed by atoms with Gasteiger partial charge in [-0.2, -0.15) is 5.10 Å². The number of aromatic amines is 2. The minimum Gasteiger partial charge on any atom is -0.338 e. The Hall–Kier alpha value is -4.26. The number of benzene rings is 3. The summed E-state index contributed by atoms with van der Waals surface area (Å²) in [5, 5.41) is 10.1. The molecule has 0 radical (unpaired) electrons. The van der Waals surface area contributed by atoms with Crippen LogP contribution in [0.15, 0.2) is 77.6 Å². The van der Waals surface area contributed by atoms with E-state index in [1.54, 1.807) is 36.4 Å². The van der Waals surface area contributed by atoms with Gasteiger partial charge in [0.15, 0.2) is 5.69 Å². The van der Waals surface area contributed by atoms with Gasteiger partial charge >= 0.3 is 0 Å². The van der Waals surface area contributed by atoms with E-state index >= 15 is 0 Å². The van der Waals surface area contributed by atoms with Crippen molar-refractivity contribution in [2.24, 2.45) is 0 Å². The lowest BCUT2D eigenvalue weighted by Crippen LogP contribution is -2.19. The van der Waals surface area contributed by atoms with E-state index < -0.39 is 5.91 Å². The van der Waals surface area contributed by atoms with Crippen molar-refractivity contribution in [1.29, 1.82) is 0 Å². The van der Waals surface area contributed by atoms with E-state index in [2.05, 4.69) is 25.5 Å². The van der Waals surface area contributed by atoms with Crippen LogP contribution in [0.25, 0.3) is 33.2 Å². The lowest BCUT2D eigenvalue weighted by atomic mass is 10.1. The highest BCUT2D eigenvalue weighted by atomic mass is 16.2. The normalized spacial score (nSPS) is 11.0. The molecule has 2 heterocycles. The van der Waals surface area contributed by atoms with Crippen LogP contribution in [0.2, 0.25) is 0 Å². The van der Waals surface area contributed by atoms with E-state index in [1.807, 2.05) is 36.4 Å². The second kappa shape index (κ2) is 6.72. The third-order valence-electron chi connectivity index (χ3n) is 4.72. The van der Waals surface area contributed by atoms with Gasteiger partial charge in [-0.1, -0.05) is 30.3 Å². The molecule has 1 amide bonds. The molecule has 140 valence electrons. The molecule has 2 aromatic heterocycles. The Labute approximate surface area is 164 Å². The van der Waals surface area contributed by atoms with Crippen molar-refractivity contribution >= 4 is 33.4 Å². The summed E-state index contributed by atoms with van der Waals surface area (Å²) < 4.78 is 0. The number of hydrogen-bond donors (Lipinski definition) is 3. The van der Waals surface area contributed by atoms with Crippen LogP contribution in [0.5, 0.6) is 0 Å². The van der Waals surface area contributed by atoms with Crippen LogP contribution in [0.3, 0.4) is 0 Å². The molecule has 0 unspecified atom stereocenters. The van der Waals surface area contributed by atoms with Crippen molar-refractivity contribution in [3.8, 4) is 11.4 Å². The first-order valence-electron chi connectivity index (χ1n) is 9.03. The fraction of sp³-hybridized carbons (Fsp3) is 0. The Morgan fingerprint density at radius 3 is 2.38 bits per heavy atom. The number of nitrogens with zero attached hydrogens (tertiary/aromatic N) is 2. The summed E-state index contributed by atoms with van der Waals surface area (Å²) in [5.74, 6) is 0.367. The molecule has 0 saturated carbocycles. The monoisotopic (exact) mass is 381 g/mol. The molecule has 0 saturated heterocycles. The van der Waals surface area contributed by atoms with Gasteiger partial charge in [0, 0.05) is 16.6 Å². The van der Waals surface area contributed by atoms with Crippen LogP contribution in [0.4, 0.5) is 5.69 Å². The van der Waals surface area contributed by atoms with Crippen molar-refractivity contribution in [2.45, 2.75) is 0 Å². The van der Waals surface area contributed by atoms with Crippen LogP contribution >= 0.6 is 0 Å². The molecule has 29 heavy (non-hydrogen) atoms.